The van der Waals surface area contributed by atoms with E-state index < -0.39 is 0 Å². The summed E-state index contributed by atoms with van der Waals surface area (Å²) >= 11 is 3.53. The molecular weight excluding hydrogens is 306 g/mol. The zero-order valence-corrected chi connectivity index (χ0v) is 12.4. The number of rotatable bonds is 4. The average molecular weight is 322 g/mol. The minimum Gasteiger partial charge on any atom is -0.495 e. The summed E-state index contributed by atoms with van der Waals surface area (Å²) in [4.78, 5) is 4.39. The largest absolute Gasteiger partial charge is 0.495 e. The molecule has 0 aliphatic rings. The van der Waals surface area contributed by atoms with E-state index in [9.17, 15) is 0 Å². The van der Waals surface area contributed by atoms with Crippen molar-refractivity contribution in [1.29, 1.82) is 0 Å². The number of pyridine rings is 1. The third-order valence-corrected chi connectivity index (χ3v) is 3.94. The summed E-state index contributed by atoms with van der Waals surface area (Å²) in [5.74, 6) is 6.43. The smallest absolute Gasteiger partial charge is 0.142 e. The minimum absolute atomic E-state index is 0.214. The second-order valence-corrected chi connectivity index (χ2v) is 5.00. The Morgan fingerprint density at radius 1 is 1.32 bits per heavy atom. The Morgan fingerprint density at radius 3 is 2.79 bits per heavy atom. The first-order valence-corrected chi connectivity index (χ1v) is 6.68. The number of ether oxygens (including phenoxy) is 1. The molecule has 0 aliphatic carbocycles. The van der Waals surface area contributed by atoms with Gasteiger partial charge in [0.25, 0.3) is 0 Å². The number of hydrogen-bond donors (Lipinski definition) is 2. The molecule has 1 aromatic carbocycles. The van der Waals surface area contributed by atoms with E-state index in [2.05, 4.69) is 26.3 Å². The van der Waals surface area contributed by atoms with Gasteiger partial charge in [0, 0.05) is 10.7 Å². The highest BCUT2D eigenvalue weighted by atomic mass is 79.9. The number of hydrazine groups is 1. The Hall–Kier alpha value is -1.43. The molecule has 0 saturated heterocycles. The second kappa shape index (κ2) is 6.14. The zero-order valence-electron chi connectivity index (χ0n) is 10.9. The average Bonchev–Trinajstić information content (AvgIpc) is 2.45. The lowest BCUT2D eigenvalue weighted by Gasteiger charge is -2.20. The van der Waals surface area contributed by atoms with E-state index in [4.69, 9.17) is 10.6 Å². The summed E-state index contributed by atoms with van der Waals surface area (Å²) < 4.78 is 6.39. The van der Waals surface area contributed by atoms with Crippen molar-refractivity contribution in [3.8, 4) is 5.75 Å². The van der Waals surface area contributed by atoms with Gasteiger partial charge in [0.05, 0.1) is 13.2 Å². The molecule has 2 aromatic rings. The summed E-state index contributed by atoms with van der Waals surface area (Å²) in [7, 11) is 1.63. The molecule has 19 heavy (non-hydrogen) atoms. The third kappa shape index (κ3) is 2.78. The van der Waals surface area contributed by atoms with E-state index in [1.165, 1.54) is 0 Å². The number of nitrogens with zero attached hydrogens (tertiary/aromatic N) is 1. The fraction of sp³-hybridized carbons (Fsp3) is 0.214. The van der Waals surface area contributed by atoms with Gasteiger partial charge in [0.15, 0.2) is 0 Å². The van der Waals surface area contributed by atoms with Crippen molar-refractivity contribution in [3.05, 3.63) is 57.8 Å². The number of methoxy groups -OCH3 is 1. The quantitative estimate of drug-likeness (QED) is 0.671. The molecule has 0 fully saturated rings. The molecule has 2 rings (SSSR count). The summed E-state index contributed by atoms with van der Waals surface area (Å²) in [5.41, 5.74) is 5.77. The minimum atomic E-state index is -0.214. The highest BCUT2D eigenvalue weighted by Gasteiger charge is 2.20. The molecule has 0 radical (unpaired) electrons. The molecule has 1 unspecified atom stereocenters. The van der Waals surface area contributed by atoms with Crippen LogP contribution in [0.2, 0.25) is 0 Å². The van der Waals surface area contributed by atoms with E-state index >= 15 is 0 Å². The van der Waals surface area contributed by atoms with Crippen LogP contribution in [-0.4, -0.2) is 12.1 Å². The van der Waals surface area contributed by atoms with Crippen molar-refractivity contribution in [2.24, 2.45) is 5.84 Å². The van der Waals surface area contributed by atoms with Crippen molar-refractivity contribution >= 4 is 15.9 Å². The molecule has 0 aliphatic heterocycles. The predicted octanol–water partition coefficient (Wildman–Crippen LogP) is 2.71. The predicted molar refractivity (Wildman–Crippen MR) is 78.8 cm³/mol. The number of halogens is 1. The number of aromatic nitrogens is 1. The number of nitrogens with one attached hydrogen (secondary N) is 1. The highest BCUT2D eigenvalue weighted by Crippen LogP contribution is 2.31. The Morgan fingerprint density at radius 2 is 2.11 bits per heavy atom. The molecule has 3 N–H and O–H groups in total. The molecular formula is C14H16BrN3O. The normalized spacial score (nSPS) is 12.2. The van der Waals surface area contributed by atoms with Crippen molar-refractivity contribution in [2.75, 3.05) is 7.11 Å². The first-order valence-electron chi connectivity index (χ1n) is 5.89. The van der Waals surface area contributed by atoms with Crippen LogP contribution in [0.25, 0.3) is 0 Å². The fourth-order valence-electron chi connectivity index (χ4n) is 2.05. The maximum atomic E-state index is 5.72. The molecule has 0 saturated carbocycles. The van der Waals surface area contributed by atoms with Crippen LogP contribution in [0.4, 0.5) is 0 Å². The highest BCUT2D eigenvalue weighted by molar-refractivity contribution is 9.10. The van der Waals surface area contributed by atoms with Gasteiger partial charge in [0.2, 0.25) is 0 Å². The van der Waals surface area contributed by atoms with Crippen LogP contribution in [0, 0.1) is 6.92 Å². The second-order valence-electron chi connectivity index (χ2n) is 4.14. The van der Waals surface area contributed by atoms with Crippen LogP contribution in [-0.2, 0) is 0 Å². The van der Waals surface area contributed by atoms with Gasteiger partial charge in [-0.1, -0.05) is 28.1 Å². The molecule has 100 valence electrons. The van der Waals surface area contributed by atoms with Gasteiger partial charge >= 0.3 is 0 Å². The molecule has 0 amide bonds. The van der Waals surface area contributed by atoms with Crippen LogP contribution in [0.5, 0.6) is 5.75 Å². The fourth-order valence-corrected chi connectivity index (χ4v) is 2.43. The van der Waals surface area contributed by atoms with E-state index in [0.29, 0.717) is 5.75 Å². The van der Waals surface area contributed by atoms with Crippen molar-refractivity contribution in [1.82, 2.24) is 10.4 Å². The lowest BCUT2D eigenvalue weighted by molar-refractivity contribution is 0.400. The van der Waals surface area contributed by atoms with Gasteiger partial charge < -0.3 is 4.74 Å². The van der Waals surface area contributed by atoms with Gasteiger partial charge in [-0.15, -0.1) is 0 Å². The van der Waals surface area contributed by atoms with Crippen LogP contribution in [0.15, 0.2) is 41.0 Å². The first-order chi connectivity index (χ1) is 9.19. The summed E-state index contributed by atoms with van der Waals surface area (Å²) in [6.45, 7) is 2.04. The number of nitrogens with two attached hydrogens (primary N) is 1. The zero-order chi connectivity index (χ0) is 13.8. The van der Waals surface area contributed by atoms with Crippen LogP contribution < -0.4 is 16.0 Å². The summed E-state index contributed by atoms with van der Waals surface area (Å²) in [5, 5.41) is 0. The van der Waals surface area contributed by atoms with Crippen LogP contribution in [0.1, 0.15) is 22.9 Å². The van der Waals surface area contributed by atoms with E-state index in [0.717, 1.165) is 21.3 Å². The summed E-state index contributed by atoms with van der Waals surface area (Å²) in [6, 6.07) is 9.50. The molecule has 4 nitrogen and oxygen atoms in total. The maximum Gasteiger partial charge on any atom is 0.142 e. The van der Waals surface area contributed by atoms with Crippen molar-refractivity contribution in [3.63, 3.8) is 0 Å². The monoisotopic (exact) mass is 321 g/mol. The number of benzene rings is 1. The molecule has 1 heterocycles. The standard InChI is InChI=1S/C14H16BrN3O/c1-9-10(5-3-6-11(9)15)13(18-16)14-12(19-2)7-4-8-17-14/h3-8,13,18H,16H2,1-2H3. The van der Waals surface area contributed by atoms with Gasteiger partial charge in [-0.3, -0.25) is 10.8 Å². The van der Waals surface area contributed by atoms with Crippen LogP contribution in [0.3, 0.4) is 0 Å². The molecule has 0 spiro atoms. The van der Waals surface area contributed by atoms with E-state index in [1.54, 1.807) is 13.3 Å². The Kier molecular flexibility index (Phi) is 4.52. The number of hydrogen-bond acceptors (Lipinski definition) is 4. The summed E-state index contributed by atoms with van der Waals surface area (Å²) in [6.07, 6.45) is 1.73. The molecule has 1 atom stereocenters. The Labute approximate surface area is 121 Å². The topological polar surface area (TPSA) is 60.2 Å². The molecule has 1 aromatic heterocycles. The van der Waals surface area contributed by atoms with E-state index in [1.807, 2.05) is 37.3 Å². The van der Waals surface area contributed by atoms with Gasteiger partial charge in [-0.25, -0.2) is 5.43 Å². The molecule has 5 heteroatoms. The Bertz CT molecular complexity index is 574. The molecule has 0 bridgehead atoms. The van der Waals surface area contributed by atoms with Gasteiger partial charge in [0.1, 0.15) is 11.4 Å². The van der Waals surface area contributed by atoms with Crippen molar-refractivity contribution in [2.45, 2.75) is 13.0 Å². The Balaban J connectivity index is 2.53. The third-order valence-electron chi connectivity index (χ3n) is 3.08. The van der Waals surface area contributed by atoms with Gasteiger partial charge in [-0.05, 0) is 36.2 Å². The van der Waals surface area contributed by atoms with E-state index in [-0.39, 0.29) is 6.04 Å². The SMILES string of the molecule is COc1cccnc1C(NN)c1cccc(Br)c1C. The lowest BCUT2D eigenvalue weighted by atomic mass is 9.98. The van der Waals surface area contributed by atoms with Crippen molar-refractivity contribution < 1.29 is 4.74 Å². The lowest BCUT2D eigenvalue weighted by Crippen LogP contribution is -2.30. The maximum absolute atomic E-state index is 5.72. The van der Waals surface area contributed by atoms with Crippen LogP contribution >= 0.6 is 15.9 Å². The van der Waals surface area contributed by atoms with Gasteiger partial charge in [-0.2, -0.15) is 0 Å². The first kappa shape index (κ1) is 14.0.